The summed E-state index contributed by atoms with van der Waals surface area (Å²) in [6, 6.07) is 69.2. The van der Waals surface area contributed by atoms with Crippen molar-refractivity contribution in [2.75, 3.05) is 4.90 Å². The summed E-state index contributed by atoms with van der Waals surface area (Å²) in [5, 5.41) is 10.3. The molecule has 0 saturated carbocycles. The molecule has 9 aromatic carbocycles. The van der Waals surface area contributed by atoms with Crippen LogP contribution in [0.2, 0.25) is 0 Å². The Kier molecular flexibility index (Phi) is 6.97. The van der Waals surface area contributed by atoms with E-state index in [0.29, 0.717) is 0 Å². The summed E-state index contributed by atoms with van der Waals surface area (Å²) in [5.74, 6) is 0. The number of thiophene rings is 2. The van der Waals surface area contributed by atoms with Crippen LogP contribution in [0, 0.1) is 0 Å². The minimum Gasteiger partial charge on any atom is -0.310 e. The van der Waals surface area contributed by atoms with E-state index in [-0.39, 0.29) is 0 Å². The molecule has 0 aliphatic carbocycles. The Bertz CT molecular complexity index is 3180. The van der Waals surface area contributed by atoms with E-state index in [1.165, 1.54) is 84.1 Å². The Morgan fingerprint density at radius 3 is 1.77 bits per heavy atom. The van der Waals surface area contributed by atoms with Crippen LogP contribution in [0.15, 0.2) is 188 Å². The first kappa shape index (κ1) is 30.4. The number of rotatable bonds is 5. The second-order valence-corrected chi connectivity index (χ2v) is 15.8. The molecule has 248 valence electrons. The minimum atomic E-state index is 1.12. The van der Waals surface area contributed by atoms with E-state index in [1.54, 1.807) is 0 Å². The number of anilines is 3. The third kappa shape index (κ3) is 4.97. The second kappa shape index (κ2) is 12.2. The Morgan fingerprint density at radius 1 is 0.321 bits per heavy atom. The molecule has 2 heterocycles. The third-order valence-corrected chi connectivity index (χ3v) is 13.0. The lowest BCUT2D eigenvalue weighted by Gasteiger charge is -2.28. The highest BCUT2D eigenvalue weighted by molar-refractivity contribution is 7.26. The molecule has 1 nitrogen and oxygen atoms in total. The van der Waals surface area contributed by atoms with E-state index < -0.39 is 0 Å². The SMILES string of the molecule is c1cc(-c2cccc3c2sc2ccccc23)cc(N(c2ccc(-c3ccc4c(c3)sc3ccccc34)cc2)c2cc3ccccc3c3ccccc23)c1. The first-order valence-corrected chi connectivity index (χ1v) is 19.6. The molecular formula is C50H31NS2. The maximum atomic E-state index is 2.45. The zero-order valence-corrected chi connectivity index (χ0v) is 30.3. The van der Waals surface area contributed by atoms with E-state index >= 15 is 0 Å². The summed E-state index contributed by atoms with van der Waals surface area (Å²) in [7, 11) is 0. The average Bonchev–Trinajstić information content (AvgIpc) is 3.80. The van der Waals surface area contributed by atoms with E-state index in [4.69, 9.17) is 0 Å². The van der Waals surface area contributed by atoms with Crippen molar-refractivity contribution in [1.82, 2.24) is 0 Å². The van der Waals surface area contributed by atoms with Crippen molar-refractivity contribution in [2.24, 2.45) is 0 Å². The highest BCUT2D eigenvalue weighted by Crippen LogP contribution is 2.45. The normalized spacial score (nSPS) is 11.8. The van der Waals surface area contributed by atoms with Gasteiger partial charge in [-0.05, 0) is 86.9 Å². The summed E-state index contributed by atoms with van der Waals surface area (Å²) >= 11 is 3.75. The maximum absolute atomic E-state index is 2.45. The predicted molar refractivity (Wildman–Crippen MR) is 233 cm³/mol. The number of hydrogen-bond acceptors (Lipinski definition) is 3. The van der Waals surface area contributed by atoms with Crippen molar-refractivity contribution >= 4 is 102 Å². The molecule has 3 heteroatoms. The van der Waals surface area contributed by atoms with Gasteiger partial charge in [0.1, 0.15) is 0 Å². The fourth-order valence-electron chi connectivity index (χ4n) is 8.14. The van der Waals surface area contributed by atoms with Gasteiger partial charge in [0.05, 0.1) is 5.69 Å². The monoisotopic (exact) mass is 709 g/mol. The molecule has 0 radical (unpaired) electrons. The molecular weight excluding hydrogens is 679 g/mol. The molecule has 0 unspecified atom stereocenters. The predicted octanol–water partition coefficient (Wildman–Crippen LogP) is 15.5. The number of hydrogen-bond donors (Lipinski definition) is 0. The van der Waals surface area contributed by atoms with Crippen LogP contribution in [0.1, 0.15) is 0 Å². The van der Waals surface area contributed by atoms with Gasteiger partial charge in [0, 0.05) is 57.1 Å². The lowest BCUT2D eigenvalue weighted by atomic mass is 9.98. The van der Waals surface area contributed by atoms with Gasteiger partial charge < -0.3 is 4.90 Å². The van der Waals surface area contributed by atoms with E-state index in [9.17, 15) is 0 Å². The summed E-state index contributed by atoms with van der Waals surface area (Å²) in [5.41, 5.74) is 8.33. The van der Waals surface area contributed by atoms with Gasteiger partial charge in [-0.2, -0.15) is 0 Å². The molecule has 0 N–H and O–H groups in total. The molecule has 2 aromatic heterocycles. The zero-order valence-electron chi connectivity index (χ0n) is 28.7. The second-order valence-electron chi connectivity index (χ2n) is 13.7. The van der Waals surface area contributed by atoms with Gasteiger partial charge in [-0.25, -0.2) is 0 Å². The maximum Gasteiger partial charge on any atom is 0.0546 e. The van der Waals surface area contributed by atoms with Crippen LogP contribution in [-0.2, 0) is 0 Å². The van der Waals surface area contributed by atoms with Crippen molar-refractivity contribution in [3.63, 3.8) is 0 Å². The molecule has 0 atom stereocenters. The molecule has 0 aliphatic heterocycles. The van der Waals surface area contributed by atoms with E-state index in [1.807, 2.05) is 22.7 Å². The van der Waals surface area contributed by atoms with Gasteiger partial charge in [0.25, 0.3) is 0 Å². The smallest absolute Gasteiger partial charge is 0.0546 e. The van der Waals surface area contributed by atoms with Gasteiger partial charge >= 0.3 is 0 Å². The Labute approximate surface area is 315 Å². The summed E-state index contributed by atoms with van der Waals surface area (Å²) in [6.07, 6.45) is 0. The number of benzene rings is 9. The van der Waals surface area contributed by atoms with Crippen LogP contribution in [0.25, 0.3) is 84.1 Å². The van der Waals surface area contributed by atoms with Crippen LogP contribution in [-0.4, -0.2) is 0 Å². The van der Waals surface area contributed by atoms with Gasteiger partial charge in [0.15, 0.2) is 0 Å². The molecule has 11 rings (SSSR count). The van der Waals surface area contributed by atoms with Crippen molar-refractivity contribution in [3.05, 3.63) is 188 Å². The molecule has 53 heavy (non-hydrogen) atoms. The van der Waals surface area contributed by atoms with Crippen molar-refractivity contribution in [3.8, 4) is 22.3 Å². The van der Waals surface area contributed by atoms with E-state index in [0.717, 1.165) is 17.1 Å². The van der Waals surface area contributed by atoms with Crippen molar-refractivity contribution in [2.45, 2.75) is 0 Å². The van der Waals surface area contributed by atoms with Gasteiger partial charge in [-0.15, -0.1) is 22.7 Å². The molecule has 0 saturated heterocycles. The Balaban J connectivity index is 1.09. The molecule has 0 fully saturated rings. The quantitative estimate of drug-likeness (QED) is 0.161. The van der Waals surface area contributed by atoms with Crippen LogP contribution in [0.4, 0.5) is 17.1 Å². The zero-order chi connectivity index (χ0) is 34.9. The Morgan fingerprint density at radius 2 is 0.943 bits per heavy atom. The van der Waals surface area contributed by atoms with Gasteiger partial charge in [-0.3, -0.25) is 0 Å². The molecule has 0 bridgehead atoms. The Hall–Kier alpha value is -6.26. The first-order valence-electron chi connectivity index (χ1n) is 18.0. The topological polar surface area (TPSA) is 3.24 Å². The first-order chi connectivity index (χ1) is 26.3. The largest absolute Gasteiger partial charge is 0.310 e. The van der Waals surface area contributed by atoms with E-state index in [2.05, 4.69) is 193 Å². The van der Waals surface area contributed by atoms with Crippen LogP contribution < -0.4 is 4.90 Å². The van der Waals surface area contributed by atoms with Crippen molar-refractivity contribution in [1.29, 1.82) is 0 Å². The lowest BCUT2D eigenvalue weighted by molar-refractivity contribution is 1.30. The van der Waals surface area contributed by atoms with Gasteiger partial charge in [-0.1, -0.05) is 140 Å². The third-order valence-electron chi connectivity index (χ3n) is 10.6. The van der Waals surface area contributed by atoms with Gasteiger partial charge in [0.2, 0.25) is 0 Å². The number of nitrogens with zero attached hydrogens (tertiary/aromatic N) is 1. The molecule has 11 aromatic rings. The molecule has 0 aliphatic rings. The van der Waals surface area contributed by atoms with Crippen LogP contribution >= 0.6 is 22.7 Å². The standard InChI is InChI=1S/C50H31NS2/c1-2-14-38-35(11-1)30-46(41-16-4-3-15-40(38)41)51(36-26-23-32(24-27-36)33-25-28-44-42-17-5-7-21-47(42)52-49(44)31-33)37-13-9-12-34(29-37)39-19-10-20-45-43-18-6-8-22-48(43)53-50(39)45/h1-31H. The fourth-order valence-corrected chi connectivity index (χ4v) is 10.5. The van der Waals surface area contributed by atoms with Crippen LogP contribution in [0.5, 0.6) is 0 Å². The highest BCUT2D eigenvalue weighted by Gasteiger charge is 2.19. The average molecular weight is 710 g/mol. The summed E-state index contributed by atoms with van der Waals surface area (Å²) in [4.78, 5) is 2.45. The molecule has 0 spiro atoms. The minimum absolute atomic E-state index is 1.12. The number of fused-ring (bicyclic) bond motifs is 9. The highest BCUT2D eigenvalue weighted by atomic mass is 32.1. The summed E-state index contributed by atoms with van der Waals surface area (Å²) in [6.45, 7) is 0. The molecule has 0 amide bonds. The summed E-state index contributed by atoms with van der Waals surface area (Å²) < 4.78 is 5.30. The van der Waals surface area contributed by atoms with Crippen molar-refractivity contribution < 1.29 is 0 Å². The lowest BCUT2D eigenvalue weighted by Crippen LogP contribution is -2.10. The van der Waals surface area contributed by atoms with Crippen LogP contribution in [0.3, 0.4) is 0 Å². The fraction of sp³-hybridized carbons (Fsp3) is 0.